The van der Waals surface area contributed by atoms with Crippen LogP contribution in [0, 0.1) is 11.3 Å². The second kappa shape index (κ2) is 7.67. The van der Waals surface area contributed by atoms with Gasteiger partial charge in [0.2, 0.25) is 0 Å². The lowest BCUT2D eigenvalue weighted by molar-refractivity contribution is -0.137. The van der Waals surface area contributed by atoms with Crippen molar-refractivity contribution in [3.8, 4) is 17.6 Å². The minimum absolute atomic E-state index is 0.0532. The Morgan fingerprint density at radius 2 is 1.79 bits per heavy atom. The molecule has 9 heteroatoms. The highest BCUT2D eigenvalue weighted by atomic mass is 19.4. The fourth-order valence-corrected chi connectivity index (χ4v) is 3.74. The zero-order valence-corrected chi connectivity index (χ0v) is 16.9. The Bertz CT molecular complexity index is 1420. The van der Waals surface area contributed by atoms with Gasteiger partial charge < -0.3 is 14.1 Å². The highest BCUT2D eigenvalue weighted by Gasteiger charge is 2.30. The number of carbonyl (C=O) groups excluding carboxylic acids is 1. The fourth-order valence-electron chi connectivity index (χ4n) is 3.74. The first-order chi connectivity index (χ1) is 15.8. The standard InChI is InChI=1S/C24H14F3N3O3/c25-24(26,27)15-2-6-17(7-3-15)32-18-5-1-14-9-10-30(23(31)19(14)12-18)16-4-8-20-21(11-16)33-22(13-28)29-20/h1-8,11-12H,9-10H2. The molecule has 0 aliphatic carbocycles. The molecule has 5 rings (SSSR count). The van der Waals surface area contributed by atoms with Crippen LogP contribution in [0.4, 0.5) is 18.9 Å². The minimum Gasteiger partial charge on any atom is -0.457 e. The van der Waals surface area contributed by atoms with Gasteiger partial charge in [-0.2, -0.15) is 23.4 Å². The van der Waals surface area contributed by atoms with E-state index in [1.54, 1.807) is 41.3 Å². The molecular weight excluding hydrogens is 435 g/mol. The van der Waals surface area contributed by atoms with Crippen molar-refractivity contribution in [2.24, 2.45) is 0 Å². The van der Waals surface area contributed by atoms with Crippen LogP contribution in [-0.2, 0) is 12.6 Å². The van der Waals surface area contributed by atoms with E-state index in [0.717, 1.165) is 17.7 Å². The van der Waals surface area contributed by atoms with Crippen molar-refractivity contribution in [3.63, 3.8) is 0 Å². The summed E-state index contributed by atoms with van der Waals surface area (Å²) < 4.78 is 49.3. The zero-order valence-electron chi connectivity index (χ0n) is 16.9. The topological polar surface area (TPSA) is 79.4 Å². The number of nitrogens with zero attached hydrogens (tertiary/aromatic N) is 3. The summed E-state index contributed by atoms with van der Waals surface area (Å²) in [6, 6.07) is 16.3. The molecular formula is C24H14F3N3O3. The molecule has 0 unspecified atom stereocenters. The molecule has 1 aliphatic rings. The Kier molecular flexibility index (Phi) is 4.78. The normalized spacial score (nSPS) is 13.6. The third-order valence-corrected chi connectivity index (χ3v) is 5.36. The van der Waals surface area contributed by atoms with Gasteiger partial charge in [0, 0.05) is 23.9 Å². The molecule has 0 saturated heterocycles. The molecule has 1 amide bonds. The summed E-state index contributed by atoms with van der Waals surface area (Å²) in [7, 11) is 0. The van der Waals surface area contributed by atoms with E-state index in [-0.39, 0.29) is 17.5 Å². The number of benzene rings is 3. The number of alkyl halides is 3. The predicted octanol–water partition coefficient (Wildman–Crippen LogP) is 5.71. The molecule has 33 heavy (non-hydrogen) atoms. The molecule has 0 bridgehead atoms. The van der Waals surface area contributed by atoms with E-state index in [4.69, 9.17) is 14.4 Å². The molecule has 164 valence electrons. The molecule has 0 fully saturated rings. The Morgan fingerprint density at radius 3 is 2.52 bits per heavy atom. The van der Waals surface area contributed by atoms with Crippen LogP contribution in [0.15, 0.2) is 65.1 Å². The van der Waals surface area contributed by atoms with Crippen LogP contribution in [0.1, 0.15) is 27.4 Å². The Balaban J connectivity index is 1.40. The van der Waals surface area contributed by atoms with E-state index in [1.165, 1.54) is 12.1 Å². The number of anilines is 1. The van der Waals surface area contributed by atoms with E-state index in [9.17, 15) is 18.0 Å². The number of aromatic nitrogens is 1. The van der Waals surface area contributed by atoms with Gasteiger partial charge in [0.25, 0.3) is 5.91 Å². The van der Waals surface area contributed by atoms with Crippen LogP contribution in [0.25, 0.3) is 11.1 Å². The van der Waals surface area contributed by atoms with Gasteiger partial charge in [-0.15, -0.1) is 0 Å². The number of fused-ring (bicyclic) bond motifs is 2. The van der Waals surface area contributed by atoms with Crippen LogP contribution >= 0.6 is 0 Å². The van der Waals surface area contributed by atoms with E-state index >= 15 is 0 Å². The van der Waals surface area contributed by atoms with E-state index < -0.39 is 11.7 Å². The third-order valence-electron chi connectivity index (χ3n) is 5.36. The average molecular weight is 449 g/mol. The first-order valence-electron chi connectivity index (χ1n) is 9.92. The number of rotatable bonds is 3. The number of hydrogen-bond donors (Lipinski definition) is 0. The summed E-state index contributed by atoms with van der Waals surface area (Å²) in [5.41, 5.74) is 2.06. The number of ether oxygens (including phenoxy) is 1. The van der Waals surface area contributed by atoms with Crippen molar-refractivity contribution in [3.05, 3.63) is 83.2 Å². The summed E-state index contributed by atoms with van der Waals surface area (Å²) >= 11 is 0. The average Bonchev–Trinajstić information content (AvgIpc) is 3.22. The van der Waals surface area contributed by atoms with Gasteiger partial charge in [-0.25, -0.2) is 0 Å². The summed E-state index contributed by atoms with van der Waals surface area (Å²) in [6.45, 7) is 0.454. The maximum absolute atomic E-state index is 13.2. The first kappa shape index (κ1) is 20.6. The van der Waals surface area contributed by atoms with Crippen molar-refractivity contribution in [2.45, 2.75) is 12.6 Å². The molecule has 1 aromatic heterocycles. The lowest BCUT2D eigenvalue weighted by Gasteiger charge is -2.28. The smallest absolute Gasteiger partial charge is 0.416 e. The molecule has 2 heterocycles. The van der Waals surface area contributed by atoms with E-state index in [0.29, 0.717) is 41.1 Å². The fraction of sp³-hybridized carbons (Fsp3) is 0.125. The molecule has 0 saturated carbocycles. The Morgan fingerprint density at radius 1 is 1.03 bits per heavy atom. The van der Waals surface area contributed by atoms with Crippen molar-refractivity contribution in [2.75, 3.05) is 11.4 Å². The van der Waals surface area contributed by atoms with Crippen LogP contribution in [0.5, 0.6) is 11.5 Å². The Labute approximate surface area is 185 Å². The summed E-state index contributed by atoms with van der Waals surface area (Å²) in [5.74, 6) is 0.274. The summed E-state index contributed by atoms with van der Waals surface area (Å²) in [4.78, 5) is 18.8. The highest BCUT2D eigenvalue weighted by molar-refractivity contribution is 6.09. The van der Waals surface area contributed by atoms with Gasteiger partial charge in [0.05, 0.1) is 5.56 Å². The monoisotopic (exact) mass is 449 g/mol. The van der Waals surface area contributed by atoms with Gasteiger partial charge >= 0.3 is 12.1 Å². The first-order valence-corrected chi connectivity index (χ1v) is 9.92. The predicted molar refractivity (Wildman–Crippen MR) is 112 cm³/mol. The number of amides is 1. The maximum atomic E-state index is 13.2. The molecule has 3 aromatic carbocycles. The van der Waals surface area contributed by atoms with Crippen LogP contribution in [-0.4, -0.2) is 17.4 Å². The molecule has 0 radical (unpaired) electrons. The van der Waals surface area contributed by atoms with Crippen molar-refractivity contribution in [1.82, 2.24) is 4.98 Å². The van der Waals surface area contributed by atoms with Crippen molar-refractivity contribution >= 4 is 22.7 Å². The number of halogens is 3. The van der Waals surface area contributed by atoms with Gasteiger partial charge in [0.1, 0.15) is 17.0 Å². The summed E-state index contributed by atoms with van der Waals surface area (Å²) in [5, 5.41) is 8.96. The largest absolute Gasteiger partial charge is 0.457 e. The van der Waals surface area contributed by atoms with Crippen LogP contribution in [0.2, 0.25) is 0 Å². The SMILES string of the molecule is N#Cc1nc2ccc(N3CCc4ccc(Oc5ccc(C(F)(F)F)cc5)cc4C3=O)cc2o1. The molecule has 1 aliphatic heterocycles. The number of oxazole rings is 1. The van der Waals surface area contributed by atoms with Gasteiger partial charge in [0.15, 0.2) is 11.7 Å². The van der Waals surface area contributed by atoms with E-state index in [1.807, 2.05) is 6.07 Å². The summed E-state index contributed by atoms with van der Waals surface area (Å²) in [6.07, 6.45) is -3.81. The van der Waals surface area contributed by atoms with Crippen molar-refractivity contribution in [1.29, 1.82) is 5.26 Å². The lowest BCUT2D eigenvalue weighted by Crippen LogP contribution is -2.37. The van der Waals surface area contributed by atoms with Gasteiger partial charge in [-0.1, -0.05) is 6.07 Å². The molecule has 0 spiro atoms. The molecule has 6 nitrogen and oxygen atoms in total. The maximum Gasteiger partial charge on any atom is 0.416 e. The van der Waals surface area contributed by atoms with Gasteiger partial charge in [-0.05, 0) is 60.5 Å². The zero-order chi connectivity index (χ0) is 23.2. The van der Waals surface area contributed by atoms with Crippen molar-refractivity contribution < 1.29 is 27.1 Å². The minimum atomic E-state index is -4.43. The quantitative estimate of drug-likeness (QED) is 0.400. The number of carbonyl (C=O) groups is 1. The molecule has 4 aromatic rings. The van der Waals surface area contributed by atoms with Crippen LogP contribution in [0.3, 0.4) is 0 Å². The Hall–Kier alpha value is -4.32. The van der Waals surface area contributed by atoms with Crippen LogP contribution < -0.4 is 9.64 Å². The highest BCUT2D eigenvalue weighted by Crippen LogP contribution is 2.33. The van der Waals surface area contributed by atoms with E-state index in [2.05, 4.69) is 4.98 Å². The number of nitriles is 1. The second-order valence-corrected chi connectivity index (χ2v) is 7.43. The lowest BCUT2D eigenvalue weighted by atomic mass is 9.98. The van der Waals surface area contributed by atoms with Gasteiger partial charge in [-0.3, -0.25) is 4.79 Å². The molecule has 0 N–H and O–H groups in total. The third kappa shape index (κ3) is 3.87. The molecule has 0 atom stereocenters. The second-order valence-electron chi connectivity index (χ2n) is 7.43. The number of hydrogen-bond acceptors (Lipinski definition) is 5.